The minimum atomic E-state index is 0.203. The van der Waals surface area contributed by atoms with Gasteiger partial charge in [0.15, 0.2) is 0 Å². The Balaban J connectivity index is 2.41. The smallest absolute Gasteiger partial charge is 0.228 e. The molecule has 0 aromatic carbocycles. The number of carbonyl (C=O) groups excluding carboxylic acids is 1. The molecule has 17 heavy (non-hydrogen) atoms. The third-order valence-corrected chi connectivity index (χ3v) is 2.29. The van der Waals surface area contributed by atoms with Crippen LogP contribution in [0.2, 0.25) is 0 Å². The molecule has 1 aromatic heterocycles. The van der Waals surface area contributed by atoms with Gasteiger partial charge in [-0.1, -0.05) is 0 Å². The summed E-state index contributed by atoms with van der Waals surface area (Å²) < 4.78 is 0. The van der Waals surface area contributed by atoms with Crippen LogP contribution in [0.5, 0.6) is 0 Å². The number of Topliss-reactive ketones (excluding diaryl/α,β-unsaturated/α-hetero) is 1. The highest BCUT2D eigenvalue weighted by Gasteiger charge is 2.04. The van der Waals surface area contributed by atoms with E-state index >= 15 is 0 Å². The molecule has 0 amide bonds. The molecule has 0 fully saturated rings. The van der Waals surface area contributed by atoms with Crippen molar-refractivity contribution in [2.24, 2.45) is 5.73 Å². The van der Waals surface area contributed by atoms with Crippen LogP contribution in [0, 0.1) is 0 Å². The first-order chi connectivity index (χ1) is 8.13. The number of carbonyl (C=O) groups is 1. The molecule has 1 aromatic rings. The van der Waals surface area contributed by atoms with Crippen LogP contribution in [-0.2, 0) is 11.2 Å². The molecule has 0 bridgehead atoms. The van der Waals surface area contributed by atoms with Gasteiger partial charge in [-0.05, 0) is 13.0 Å². The fourth-order valence-electron chi connectivity index (χ4n) is 1.39. The first-order valence-electron chi connectivity index (χ1n) is 5.70. The van der Waals surface area contributed by atoms with E-state index in [1.54, 1.807) is 0 Å². The standard InChI is InChI=1S/C11H19N5O/c1-16(2)11-14-8-13-10(15-11)5-3-4-9(17)6-7-12/h8H,3-7,12H2,1-2H3. The number of rotatable bonds is 7. The molecule has 1 rings (SSSR count). The van der Waals surface area contributed by atoms with Crippen molar-refractivity contribution in [3.63, 3.8) is 0 Å². The van der Waals surface area contributed by atoms with E-state index in [-0.39, 0.29) is 5.78 Å². The number of nitrogens with zero attached hydrogens (tertiary/aromatic N) is 4. The van der Waals surface area contributed by atoms with Crippen molar-refractivity contribution < 1.29 is 4.79 Å². The highest BCUT2D eigenvalue weighted by Crippen LogP contribution is 2.05. The van der Waals surface area contributed by atoms with Crippen molar-refractivity contribution in [2.45, 2.75) is 25.7 Å². The molecule has 0 spiro atoms. The van der Waals surface area contributed by atoms with Crippen molar-refractivity contribution in [1.29, 1.82) is 0 Å². The van der Waals surface area contributed by atoms with Crippen LogP contribution in [0.1, 0.15) is 25.1 Å². The van der Waals surface area contributed by atoms with E-state index in [2.05, 4.69) is 15.0 Å². The van der Waals surface area contributed by atoms with Crippen LogP contribution in [0.4, 0.5) is 5.95 Å². The molecule has 0 unspecified atom stereocenters. The minimum absolute atomic E-state index is 0.203. The Morgan fingerprint density at radius 2 is 2.12 bits per heavy atom. The van der Waals surface area contributed by atoms with E-state index < -0.39 is 0 Å². The van der Waals surface area contributed by atoms with Gasteiger partial charge in [-0.2, -0.15) is 4.98 Å². The maximum atomic E-state index is 11.3. The zero-order chi connectivity index (χ0) is 12.7. The summed E-state index contributed by atoms with van der Waals surface area (Å²) in [6.07, 6.45) is 3.95. The van der Waals surface area contributed by atoms with Crippen molar-refractivity contribution in [3.05, 3.63) is 12.2 Å². The molecule has 0 aliphatic rings. The number of aryl methyl sites for hydroxylation is 1. The highest BCUT2D eigenvalue weighted by atomic mass is 16.1. The second kappa shape index (κ2) is 6.90. The summed E-state index contributed by atoms with van der Waals surface area (Å²) in [7, 11) is 3.76. The van der Waals surface area contributed by atoms with Crippen LogP contribution in [-0.4, -0.2) is 41.4 Å². The van der Waals surface area contributed by atoms with Crippen molar-refractivity contribution >= 4 is 11.7 Å². The molecule has 0 atom stereocenters. The minimum Gasteiger partial charge on any atom is -0.347 e. The lowest BCUT2D eigenvalue weighted by Gasteiger charge is -2.09. The highest BCUT2D eigenvalue weighted by molar-refractivity contribution is 5.78. The molecule has 0 aliphatic heterocycles. The van der Waals surface area contributed by atoms with Gasteiger partial charge < -0.3 is 10.6 Å². The van der Waals surface area contributed by atoms with Gasteiger partial charge in [0, 0.05) is 33.4 Å². The van der Waals surface area contributed by atoms with Crippen LogP contribution < -0.4 is 10.6 Å². The lowest BCUT2D eigenvalue weighted by atomic mass is 10.1. The van der Waals surface area contributed by atoms with Crippen LogP contribution in [0.15, 0.2) is 6.33 Å². The second-order valence-electron chi connectivity index (χ2n) is 4.03. The number of nitrogens with two attached hydrogens (primary N) is 1. The fraction of sp³-hybridized carbons (Fsp3) is 0.636. The Morgan fingerprint density at radius 3 is 2.76 bits per heavy atom. The number of aromatic nitrogens is 3. The quantitative estimate of drug-likeness (QED) is 0.728. The molecule has 6 nitrogen and oxygen atoms in total. The average Bonchev–Trinajstić information content (AvgIpc) is 2.30. The molecule has 0 saturated carbocycles. The van der Waals surface area contributed by atoms with Crippen LogP contribution >= 0.6 is 0 Å². The molecule has 94 valence electrons. The van der Waals surface area contributed by atoms with E-state index in [4.69, 9.17) is 5.73 Å². The Bertz CT molecular complexity index is 367. The number of anilines is 1. The van der Waals surface area contributed by atoms with Crippen molar-refractivity contribution in [1.82, 2.24) is 15.0 Å². The van der Waals surface area contributed by atoms with Crippen LogP contribution in [0.25, 0.3) is 0 Å². The SMILES string of the molecule is CN(C)c1ncnc(CCCC(=O)CCN)n1. The third-order valence-electron chi connectivity index (χ3n) is 2.29. The lowest BCUT2D eigenvalue weighted by Crippen LogP contribution is -2.14. The van der Waals surface area contributed by atoms with E-state index in [9.17, 15) is 4.79 Å². The van der Waals surface area contributed by atoms with Gasteiger partial charge in [-0.15, -0.1) is 0 Å². The fourth-order valence-corrected chi connectivity index (χ4v) is 1.39. The normalized spacial score (nSPS) is 10.3. The summed E-state index contributed by atoms with van der Waals surface area (Å²) >= 11 is 0. The topological polar surface area (TPSA) is 85.0 Å². The summed E-state index contributed by atoms with van der Waals surface area (Å²) in [4.78, 5) is 25.5. The number of hydrogen-bond donors (Lipinski definition) is 1. The Hall–Kier alpha value is -1.56. The maximum absolute atomic E-state index is 11.3. The first-order valence-corrected chi connectivity index (χ1v) is 5.70. The largest absolute Gasteiger partial charge is 0.347 e. The van der Waals surface area contributed by atoms with Gasteiger partial charge in [-0.3, -0.25) is 4.79 Å². The zero-order valence-electron chi connectivity index (χ0n) is 10.4. The molecule has 0 aliphatic carbocycles. The monoisotopic (exact) mass is 237 g/mol. The molecular formula is C11H19N5O. The lowest BCUT2D eigenvalue weighted by molar-refractivity contribution is -0.118. The van der Waals surface area contributed by atoms with E-state index in [0.717, 1.165) is 12.2 Å². The maximum Gasteiger partial charge on any atom is 0.228 e. The zero-order valence-corrected chi connectivity index (χ0v) is 10.4. The predicted molar refractivity (Wildman–Crippen MR) is 65.8 cm³/mol. The molecule has 0 radical (unpaired) electrons. The number of hydrogen-bond acceptors (Lipinski definition) is 6. The van der Waals surface area contributed by atoms with Crippen LogP contribution in [0.3, 0.4) is 0 Å². The van der Waals surface area contributed by atoms with Gasteiger partial charge in [0.25, 0.3) is 0 Å². The van der Waals surface area contributed by atoms with Gasteiger partial charge in [0.05, 0.1) is 0 Å². The van der Waals surface area contributed by atoms with E-state index in [1.165, 1.54) is 6.33 Å². The molecule has 1 heterocycles. The second-order valence-corrected chi connectivity index (χ2v) is 4.03. The summed E-state index contributed by atoms with van der Waals surface area (Å²) in [6, 6.07) is 0. The average molecular weight is 237 g/mol. The van der Waals surface area contributed by atoms with Gasteiger partial charge in [-0.25, -0.2) is 9.97 Å². The third kappa shape index (κ3) is 4.86. The number of ketones is 1. The van der Waals surface area contributed by atoms with Gasteiger partial charge in [0.2, 0.25) is 5.95 Å². The summed E-state index contributed by atoms with van der Waals surface area (Å²) in [6.45, 7) is 0.426. The molecule has 0 saturated heterocycles. The summed E-state index contributed by atoms with van der Waals surface area (Å²) in [5.41, 5.74) is 5.31. The summed E-state index contributed by atoms with van der Waals surface area (Å²) in [5, 5.41) is 0. The van der Waals surface area contributed by atoms with Gasteiger partial charge >= 0.3 is 0 Å². The molecule has 2 N–H and O–H groups in total. The molecule has 6 heteroatoms. The van der Waals surface area contributed by atoms with Crippen molar-refractivity contribution in [3.8, 4) is 0 Å². The van der Waals surface area contributed by atoms with Crippen molar-refractivity contribution in [2.75, 3.05) is 25.5 Å². The first kappa shape index (κ1) is 13.5. The Morgan fingerprint density at radius 1 is 1.35 bits per heavy atom. The Kier molecular flexibility index (Phi) is 5.48. The van der Waals surface area contributed by atoms with Gasteiger partial charge in [0.1, 0.15) is 17.9 Å². The van der Waals surface area contributed by atoms with E-state index in [0.29, 0.717) is 31.8 Å². The summed E-state index contributed by atoms with van der Waals surface area (Å²) in [5.74, 6) is 1.57. The van der Waals surface area contributed by atoms with E-state index in [1.807, 2.05) is 19.0 Å². The molecular weight excluding hydrogens is 218 g/mol. The Labute approximate surface area is 101 Å². The predicted octanol–water partition coefficient (Wildman–Crippen LogP) is 0.178.